The summed E-state index contributed by atoms with van der Waals surface area (Å²) in [6.45, 7) is 7.11. The van der Waals surface area contributed by atoms with Crippen LogP contribution in [0.1, 0.15) is 56.3 Å². The summed E-state index contributed by atoms with van der Waals surface area (Å²) in [4.78, 5) is 12.4. The number of piperidine rings is 2. The van der Waals surface area contributed by atoms with Crippen LogP contribution in [-0.2, 0) is 4.74 Å². The summed E-state index contributed by atoms with van der Waals surface area (Å²) < 4.78 is 12.5. The van der Waals surface area contributed by atoms with E-state index in [0.717, 1.165) is 5.75 Å². The summed E-state index contributed by atoms with van der Waals surface area (Å²) in [6.07, 6.45) is 6.50. The topological polar surface area (TPSA) is 35.5 Å². The lowest BCUT2D eigenvalue weighted by molar-refractivity contribution is -0.947. The highest BCUT2D eigenvalue weighted by Crippen LogP contribution is 2.36. The molecule has 1 aromatic rings. The van der Waals surface area contributed by atoms with Crippen LogP contribution in [-0.4, -0.2) is 49.3 Å². The van der Waals surface area contributed by atoms with Crippen LogP contribution in [0.5, 0.6) is 5.75 Å². The molecular weight excluding hydrogens is 314 g/mol. The Morgan fingerprint density at radius 2 is 1.84 bits per heavy atom. The first kappa shape index (κ1) is 18.2. The van der Waals surface area contributed by atoms with Gasteiger partial charge in [0.1, 0.15) is 12.4 Å². The monoisotopic (exact) mass is 346 g/mol. The van der Waals surface area contributed by atoms with Gasteiger partial charge in [0.05, 0.1) is 37.8 Å². The number of fused-ring (bicyclic) bond motifs is 1. The van der Waals surface area contributed by atoms with E-state index in [1.165, 1.54) is 49.7 Å². The molecule has 2 heterocycles. The summed E-state index contributed by atoms with van der Waals surface area (Å²) in [5.74, 6) is 1.08. The van der Waals surface area contributed by atoms with E-state index in [4.69, 9.17) is 9.47 Å². The highest BCUT2D eigenvalue weighted by molar-refractivity contribution is 5.89. The van der Waals surface area contributed by atoms with Gasteiger partial charge in [-0.2, -0.15) is 0 Å². The van der Waals surface area contributed by atoms with Gasteiger partial charge in [0, 0.05) is 12.3 Å². The maximum absolute atomic E-state index is 12.4. The first-order valence-corrected chi connectivity index (χ1v) is 9.76. The Bertz CT molecular complexity index is 579. The Kier molecular flexibility index (Phi) is 5.67. The zero-order valence-corrected chi connectivity index (χ0v) is 15.9. The highest BCUT2D eigenvalue weighted by atomic mass is 16.5. The normalized spacial score (nSPS) is 29.1. The minimum absolute atomic E-state index is 0.132. The average molecular weight is 346 g/mol. The van der Waals surface area contributed by atoms with Crippen molar-refractivity contribution in [3.8, 4) is 5.75 Å². The molecule has 25 heavy (non-hydrogen) atoms. The van der Waals surface area contributed by atoms with Crippen molar-refractivity contribution in [2.24, 2.45) is 5.92 Å². The molecule has 0 amide bonds. The van der Waals surface area contributed by atoms with Gasteiger partial charge in [-0.05, 0) is 63.8 Å². The minimum atomic E-state index is -0.216. The third-order valence-corrected chi connectivity index (χ3v) is 5.90. The van der Waals surface area contributed by atoms with Crippen molar-refractivity contribution in [1.82, 2.24) is 0 Å². The van der Waals surface area contributed by atoms with Crippen molar-refractivity contribution in [1.29, 1.82) is 0 Å². The van der Waals surface area contributed by atoms with Crippen molar-refractivity contribution < 1.29 is 18.8 Å². The summed E-state index contributed by atoms with van der Waals surface area (Å²) in [6, 6.07) is 7.93. The number of carbonyl (C=O) groups is 1. The summed E-state index contributed by atoms with van der Waals surface area (Å²) >= 11 is 0. The molecule has 0 aromatic heterocycles. The van der Waals surface area contributed by atoms with E-state index in [-0.39, 0.29) is 12.1 Å². The first-order valence-electron chi connectivity index (χ1n) is 9.76. The van der Waals surface area contributed by atoms with E-state index in [1.54, 1.807) is 12.1 Å². The third kappa shape index (κ3) is 4.35. The van der Waals surface area contributed by atoms with Gasteiger partial charge in [-0.15, -0.1) is 0 Å². The van der Waals surface area contributed by atoms with E-state index in [1.807, 2.05) is 26.0 Å². The van der Waals surface area contributed by atoms with Gasteiger partial charge in [0.15, 0.2) is 0 Å². The SMILES string of the molecule is CC(C)Oc1ccc(C(=O)OC[C@@H]2CCC[N+]3(C)CCCC[C@@H]23)cc1. The predicted molar refractivity (Wildman–Crippen MR) is 98.8 cm³/mol. The van der Waals surface area contributed by atoms with Crippen LogP contribution in [0.4, 0.5) is 0 Å². The molecule has 2 fully saturated rings. The fraction of sp³-hybridized carbons (Fsp3) is 0.667. The molecular formula is C21H32NO3+. The van der Waals surface area contributed by atoms with Crippen molar-refractivity contribution in [2.75, 3.05) is 26.7 Å². The quantitative estimate of drug-likeness (QED) is 0.596. The number of quaternary nitrogens is 1. The molecule has 0 saturated carbocycles. The Labute approximate surface area is 151 Å². The molecule has 3 rings (SSSR count). The van der Waals surface area contributed by atoms with Crippen molar-refractivity contribution in [3.05, 3.63) is 29.8 Å². The molecule has 0 radical (unpaired) electrons. The minimum Gasteiger partial charge on any atom is -0.491 e. The van der Waals surface area contributed by atoms with Gasteiger partial charge in [-0.3, -0.25) is 0 Å². The van der Waals surface area contributed by atoms with Crippen LogP contribution in [0.15, 0.2) is 24.3 Å². The van der Waals surface area contributed by atoms with Gasteiger partial charge in [-0.25, -0.2) is 4.79 Å². The second-order valence-electron chi connectivity index (χ2n) is 8.18. The lowest BCUT2D eigenvalue weighted by Gasteiger charge is -2.51. The molecule has 2 aliphatic heterocycles. The Balaban J connectivity index is 1.56. The number of esters is 1. The van der Waals surface area contributed by atoms with E-state index < -0.39 is 0 Å². The Morgan fingerprint density at radius 1 is 1.12 bits per heavy atom. The Morgan fingerprint density at radius 3 is 2.56 bits per heavy atom. The number of nitrogens with zero attached hydrogens (tertiary/aromatic N) is 1. The Hall–Kier alpha value is -1.55. The molecule has 0 spiro atoms. The number of rotatable bonds is 5. The number of benzene rings is 1. The second kappa shape index (κ2) is 7.77. The molecule has 0 bridgehead atoms. The summed E-state index contributed by atoms with van der Waals surface area (Å²) in [7, 11) is 2.39. The molecule has 4 nitrogen and oxygen atoms in total. The molecule has 0 N–H and O–H groups in total. The number of hydrogen-bond donors (Lipinski definition) is 0. The zero-order valence-electron chi connectivity index (χ0n) is 15.9. The van der Waals surface area contributed by atoms with Gasteiger partial charge >= 0.3 is 5.97 Å². The smallest absolute Gasteiger partial charge is 0.338 e. The fourth-order valence-corrected chi connectivity index (χ4v) is 4.64. The molecule has 0 aliphatic carbocycles. The maximum Gasteiger partial charge on any atom is 0.338 e. The molecule has 3 atom stereocenters. The van der Waals surface area contributed by atoms with Crippen molar-refractivity contribution in [2.45, 2.75) is 58.1 Å². The average Bonchev–Trinajstić information content (AvgIpc) is 2.59. The predicted octanol–water partition coefficient (Wildman–Crippen LogP) is 4.04. The molecule has 4 heteroatoms. The first-order chi connectivity index (χ1) is 12.0. The van der Waals surface area contributed by atoms with Gasteiger partial charge in [0.25, 0.3) is 0 Å². The van der Waals surface area contributed by atoms with Gasteiger partial charge in [0.2, 0.25) is 0 Å². The van der Waals surface area contributed by atoms with E-state index in [2.05, 4.69) is 7.05 Å². The van der Waals surface area contributed by atoms with E-state index >= 15 is 0 Å². The van der Waals surface area contributed by atoms with Crippen molar-refractivity contribution in [3.63, 3.8) is 0 Å². The summed E-state index contributed by atoms with van der Waals surface area (Å²) in [5, 5.41) is 0. The number of carbonyl (C=O) groups excluding carboxylic acids is 1. The van der Waals surface area contributed by atoms with Crippen molar-refractivity contribution >= 4 is 5.97 Å². The standard InChI is InChI=1S/C21H32NO3/c1-16(2)25-19-11-9-17(10-12-19)21(23)24-15-18-7-6-14-22(3)13-5-4-8-20(18)22/h9-12,16,18,20H,4-8,13-15H2,1-3H3/q+1/t18-,20-,22?/m0/s1. The van der Waals surface area contributed by atoms with Gasteiger partial charge < -0.3 is 14.0 Å². The fourth-order valence-electron chi connectivity index (χ4n) is 4.64. The van der Waals surface area contributed by atoms with Crippen LogP contribution in [0.25, 0.3) is 0 Å². The van der Waals surface area contributed by atoms with Crippen LogP contribution in [0, 0.1) is 5.92 Å². The van der Waals surface area contributed by atoms with Crippen LogP contribution < -0.4 is 4.74 Å². The van der Waals surface area contributed by atoms with Crippen LogP contribution >= 0.6 is 0 Å². The molecule has 138 valence electrons. The maximum atomic E-state index is 12.4. The van der Waals surface area contributed by atoms with E-state index in [9.17, 15) is 4.79 Å². The molecule has 2 aliphatic rings. The largest absolute Gasteiger partial charge is 0.491 e. The number of ether oxygens (including phenoxy) is 2. The highest BCUT2D eigenvalue weighted by Gasteiger charge is 2.43. The lowest BCUT2D eigenvalue weighted by Crippen LogP contribution is -2.61. The van der Waals surface area contributed by atoms with E-state index in [0.29, 0.717) is 24.1 Å². The number of hydrogen-bond acceptors (Lipinski definition) is 3. The van der Waals surface area contributed by atoms with Gasteiger partial charge in [-0.1, -0.05) is 0 Å². The lowest BCUT2D eigenvalue weighted by atomic mass is 9.82. The second-order valence-corrected chi connectivity index (χ2v) is 8.18. The molecule has 1 aromatic carbocycles. The zero-order chi connectivity index (χ0) is 17.9. The molecule has 1 unspecified atom stereocenters. The van der Waals surface area contributed by atoms with Crippen LogP contribution in [0.2, 0.25) is 0 Å². The van der Waals surface area contributed by atoms with Crippen LogP contribution in [0.3, 0.4) is 0 Å². The third-order valence-electron chi connectivity index (χ3n) is 5.90. The summed E-state index contributed by atoms with van der Waals surface area (Å²) in [5.41, 5.74) is 0.604. The molecule has 2 saturated heterocycles.